The van der Waals surface area contributed by atoms with Crippen molar-refractivity contribution < 1.29 is 18.7 Å². The molecule has 0 bridgehead atoms. The number of carbonyl (C=O) groups is 2. The van der Waals surface area contributed by atoms with Gasteiger partial charge in [0, 0.05) is 26.2 Å². The van der Waals surface area contributed by atoms with Crippen LogP contribution < -0.4 is 10.1 Å². The lowest BCUT2D eigenvalue weighted by atomic mass is 10.2. The lowest BCUT2D eigenvalue weighted by Crippen LogP contribution is -2.54. The summed E-state index contributed by atoms with van der Waals surface area (Å²) in [5.41, 5.74) is 0.651. The van der Waals surface area contributed by atoms with Crippen LogP contribution in [0.3, 0.4) is 0 Å². The number of carbonyl (C=O) groups excluding carboxylic acids is 2. The molecule has 1 aromatic carbocycles. The van der Waals surface area contributed by atoms with Crippen molar-refractivity contribution >= 4 is 17.5 Å². The Hall–Kier alpha value is -2.80. The highest BCUT2D eigenvalue weighted by Crippen LogP contribution is 2.23. The molecule has 0 saturated carbocycles. The third kappa shape index (κ3) is 3.88. The van der Waals surface area contributed by atoms with Crippen LogP contribution in [0.1, 0.15) is 17.5 Å². The first-order chi connectivity index (χ1) is 12.6. The van der Waals surface area contributed by atoms with Gasteiger partial charge < -0.3 is 19.4 Å². The van der Waals surface area contributed by atoms with Crippen molar-refractivity contribution in [2.24, 2.45) is 0 Å². The van der Waals surface area contributed by atoms with E-state index < -0.39 is 0 Å². The summed E-state index contributed by atoms with van der Waals surface area (Å²) >= 11 is 0. The predicted molar refractivity (Wildman–Crippen MR) is 97.3 cm³/mol. The molecule has 2 amide bonds. The maximum Gasteiger partial charge on any atom is 0.289 e. The average Bonchev–Trinajstić information content (AvgIpc) is 3.22. The summed E-state index contributed by atoms with van der Waals surface area (Å²) in [6, 6.07) is 10.4. The Balaban J connectivity index is 1.55. The van der Waals surface area contributed by atoms with E-state index >= 15 is 0 Å². The normalized spacial score (nSPS) is 16.2. The van der Waals surface area contributed by atoms with Crippen LogP contribution in [0, 0.1) is 0 Å². The molecule has 1 aromatic heterocycles. The van der Waals surface area contributed by atoms with E-state index in [4.69, 9.17) is 9.15 Å². The summed E-state index contributed by atoms with van der Waals surface area (Å²) in [6.45, 7) is 4.26. The standard InChI is InChI=1S/C19H23N3O4/c1-14(18(23)20-15-6-3-4-7-16(15)25-2)21-9-11-22(12-10-21)19(24)17-8-5-13-26-17/h3-8,13-14H,9-12H2,1-2H3,(H,20,23)/t14-/m0/s1. The van der Waals surface area contributed by atoms with Gasteiger partial charge in [0.2, 0.25) is 5.91 Å². The maximum absolute atomic E-state index is 12.6. The monoisotopic (exact) mass is 357 g/mol. The molecule has 1 N–H and O–H groups in total. The molecule has 138 valence electrons. The molecule has 3 rings (SSSR count). The van der Waals surface area contributed by atoms with Gasteiger partial charge in [-0.25, -0.2) is 0 Å². The first kappa shape index (κ1) is 18.0. The number of nitrogens with zero attached hydrogens (tertiary/aromatic N) is 2. The van der Waals surface area contributed by atoms with E-state index in [1.165, 1.54) is 6.26 Å². The number of ether oxygens (including phenoxy) is 1. The maximum atomic E-state index is 12.6. The van der Waals surface area contributed by atoms with Gasteiger partial charge >= 0.3 is 0 Å². The largest absolute Gasteiger partial charge is 0.495 e. The molecule has 0 radical (unpaired) electrons. The highest BCUT2D eigenvalue weighted by atomic mass is 16.5. The molecule has 2 heterocycles. The predicted octanol–water partition coefficient (Wildman–Crippen LogP) is 2.07. The number of methoxy groups -OCH3 is 1. The summed E-state index contributed by atoms with van der Waals surface area (Å²) in [7, 11) is 1.57. The SMILES string of the molecule is COc1ccccc1NC(=O)[C@H](C)N1CCN(C(=O)c2ccco2)CC1. The van der Waals surface area contributed by atoms with Crippen molar-refractivity contribution in [1.29, 1.82) is 0 Å². The molecule has 1 aliphatic rings. The Bertz CT molecular complexity index is 752. The molecular formula is C19H23N3O4. The number of anilines is 1. The van der Waals surface area contributed by atoms with Crippen molar-refractivity contribution in [1.82, 2.24) is 9.80 Å². The Morgan fingerprint density at radius 3 is 2.50 bits per heavy atom. The van der Waals surface area contributed by atoms with Crippen LogP contribution in [-0.2, 0) is 4.79 Å². The van der Waals surface area contributed by atoms with E-state index in [1.54, 1.807) is 30.2 Å². The van der Waals surface area contributed by atoms with Crippen molar-refractivity contribution in [2.45, 2.75) is 13.0 Å². The lowest BCUT2D eigenvalue weighted by Gasteiger charge is -2.37. The summed E-state index contributed by atoms with van der Waals surface area (Å²) < 4.78 is 10.4. The number of hydrogen-bond acceptors (Lipinski definition) is 5. The van der Waals surface area contributed by atoms with E-state index in [0.717, 1.165) is 0 Å². The summed E-state index contributed by atoms with van der Waals surface area (Å²) in [4.78, 5) is 28.7. The summed E-state index contributed by atoms with van der Waals surface area (Å²) in [5.74, 6) is 0.767. The first-order valence-electron chi connectivity index (χ1n) is 8.61. The zero-order chi connectivity index (χ0) is 18.5. The number of amides is 2. The van der Waals surface area contributed by atoms with Crippen molar-refractivity contribution in [2.75, 3.05) is 38.6 Å². The Morgan fingerprint density at radius 1 is 1.12 bits per heavy atom. The Labute approximate surface area is 152 Å². The fourth-order valence-corrected chi connectivity index (χ4v) is 3.02. The number of piperazine rings is 1. The molecule has 0 unspecified atom stereocenters. The van der Waals surface area contributed by atoms with E-state index in [-0.39, 0.29) is 17.9 Å². The molecule has 2 aromatic rings. The van der Waals surface area contributed by atoms with Crippen molar-refractivity contribution in [3.63, 3.8) is 0 Å². The molecular weight excluding hydrogens is 334 g/mol. The topological polar surface area (TPSA) is 75.0 Å². The molecule has 1 aliphatic heterocycles. The van der Waals surface area contributed by atoms with Gasteiger partial charge in [-0.05, 0) is 31.2 Å². The zero-order valence-electron chi connectivity index (χ0n) is 15.0. The van der Waals surface area contributed by atoms with Gasteiger partial charge in [-0.15, -0.1) is 0 Å². The second-order valence-electron chi connectivity index (χ2n) is 6.17. The molecule has 7 nitrogen and oxygen atoms in total. The van der Waals surface area contributed by atoms with Gasteiger partial charge in [0.1, 0.15) is 5.75 Å². The number of para-hydroxylation sites is 2. The summed E-state index contributed by atoms with van der Waals surface area (Å²) in [6.07, 6.45) is 1.49. The van der Waals surface area contributed by atoms with Gasteiger partial charge in [-0.1, -0.05) is 12.1 Å². The van der Waals surface area contributed by atoms with E-state index in [1.807, 2.05) is 25.1 Å². The third-order valence-electron chi connectivity index (χ3n) is 4.63. The van der Waals surface area contributed by atoms with Gasteiger partial charge in [0.05, 0.1) is 25.1 Å². The molecule has 1 saturated heterocycles. The van der Waals surface area contributed by atoms with Gasteiger partial charge in [0.15, 0.2) is 5.76 Å². The van der Waals surface area contributed by atoms with Crippen molar-refractivity contribution in [3.05, 3.63) is 48.4 Å². The second-order valence-corrected chi connectivity index (χ2v) is 6.17. The molecule has 1 fully saturated rings. The van der Waals surface area contributed by atoms with Crippen LogP contribution in [-0.4, -0.2) is 60.9 Å². The van der Waals surface area contributed by atoms with Crippen LogP contribution in [0.25, 0.3) is 0 Å². The highest BCUT2D eigenvalue weighted by molar-refractivity contribution is 5.96. The highest BCUT2D eigenvalue weighted by Gasteiger charge is 2.29. The van der Waals surface area contributed by atoms with Gasteiger partial charge in [-0.3, -0.25) is 14.5 Å². The molecule has 26 heavy (non-hydrogen) atoms. The molecule has 7 heteroatoms. The van der Waals surface area contributed by atoms with Crippen LogP contribution >= 0.6 is 0 Å². The minimum Gasteiger partial charge on any atom is -0.495 e. The van der Waals surface area contributed by atoms with Crippen LogP contribution in [0.5, 0.6) is 5.75 Å². The lowest BCUT2D eigenvalue weighted by molar-refractivity contribution is -0.121. The van der Waals surface area contributed by atoms with Gasteiger partial charge in [-0.2, -0.15) is 0 Å². The minimum atomic E-state index is -0.305. The molecule has 0 aliphatic carbocycles. The van der Waals surface area contributed by atoms with E-state index in [9.17, 15) is 9.59 Å². The number of rotatable bonds is 5. The third-order valence-corrected chi connectivity index (χ3v) is 4.63. The van der Waals surface area contributed by atoms with Crippen LogP contribution in [0.15, 0.2) is 47.1 Å². The second kappa shape index (κ2) is 8.05. The van der Waals surface area contributed by atoms with E-state index in [2.05, 4.69) is 10.2 Å². The fourth-order valence-electron chi connectivity index (χ4n) is 3.02. The molecule has 0 spiro atoms. The average molecular weight is 357 g/mol. The number of furan rings is 1. The zero-order valence-corrected chi connectivity index (χ0v) is 15.0. The molecule has 1 atom stereocenters. The quantitative estimate of drug-likeness (QED) is 0.887. The van der Waals surface area contributed by atoms with Gasteiger partial charge in [0.25, 0.3) is 5.91 Å². The fraction of sp³-hybridized carbons (Fsp3) is 0.368. The van der Waals surface area contributed by atoms with Crippen LogP contribution in [0.4, 0.5) is 5.69 Å². The number of hydrogen-bond donors (Lipinski definition) is 1. The smallest absolute Gasteiger partial charge is 0.289 e. The van der Waals surface area contributed by atoms with Crippen molar-refractivity contribution in [3.8, 4) is 5.75 Å². The number of benzene rings is 1. The van der Waals surface area contributed by atoms with E-state index in [0.29, 0.717) is 43.4 Å². The van der Waals surface area contributed by atoms with Crippen LogP contribution in [0.2, 0.25) is 0 Å². The summed E-state index contributed by atoms with van der Waals surface area (Å²) in [5, 5.41) is 2.91. The number of nitrogens with one attached hydrogen (secondary N) is 1. The minimum absolute atomic E-state index is 0.0969. The Kier molecular flexibility index (Phi) is 5.58. The first-order valence-corrected chi connectivity index (χ1v) is 8.61. The Morgan fingerprint density at radius 2 is 1.85 bits per heavy atom.